The van der Waals surface area contributed by atoms with Crippen molar-refractivity contribution in [3.8, 4) is 0 Å². The number of pyridine rings is 1. The monoisotopic (exact) mass is 310 g/mol. The summed E-state index contributed by atoms with van der Waals surface area (Å²) in [5, 5.41) is 8.82. The fraction of sp³-hybridized carbons (Fsp3) is 0.250. The van der Waals surface area contributed by atoms with Gasteiger partial charge in [-0.05, 0) is 35.6 Å². The lowest BCUT2D eigenvalue weighted by molar-refractivity contribution is -0.143. The van der Waals surface area contributed by atoms with Gasteiger partial charge in [0.2, 0.25) is 5.95 Å². The molecule has 0 fully saturated rings. The highest BCUT2D eigenvalue weighted by Gasteiger charge is 2.35. The molecule has 0 bridgehead atoms. The second kappa shape index (κ2) is 3.77. The van der Waals surface area contributed by atoms with Crippen LogP contribution >= 0.6 is 22.6 Å². The van der Waals surface area contributed by atoms with Crippen molar-refractivity contribution in [3.05, 3.63) is 27.3 Å². The van der Waals surface area contributed by atoms with E-state index in [2.05, 4.69) is 4.98 Å². The Labute approximate surface area is 93.5 Å². The molecule has 76 valence electrons. The maximum absolute atomic E-state index is 13.2. The molecule has 0 aliphatic heterocycles. The van der Waals surface area contributed by atoms with E-state index in [0.717, 1.165) is 0 Å². The smallest absolute Gasteiger partial charge is 0.328 e. The van der Waals surface area contributed by atoms with Gasteiger partial charge in [-0.15, -0.1) is 0 Å². The third-order valence-corrected chi connectivity index (χ3v) is 2.72. The topological polar surface area (TPSA) is 76.2 Å². The van der Waals surface area contributed by atoms with Gasteiger partial charge in [0.05, 0.1) is 5.56 Å². The molecule has 0 unspecified atom stereocenters. The SMILES string of the molecule is C[C@](N)(C(=O)O)c1c(I)ccnc1F. The molecular formula is C8H8FIN2O2. The maximum Gasteiger partial charge on any atom is 0.328 e. The van der Waals surface area contributed by atoms with Gasteiger partial charge in [0.15, 0.2) is 0 Å². The molecule has 4 nitrogen and oxygen atoms in total. The molecule has 6 heteroatoms. The van der Waals surface area contributed by atoms with E-state index in [1.54, 1.807) is 0 Å². The van der Waals surface area contributed by atoms with Crippen LogP contribution in [0.2, 0.25) is 0 Å². The number of rotatable bonds is 2. The van der Waals surface area contributed by atoms with E-state index in [1.165, 1.54) is 19.2 Å². The van der Waals surface area contributed by atoms with E-state index >= 15 is 0 Å². The fourth-order valence-corrected chi connectivity index (χ4v) is 1.93. The van der Waals surface area contributed by atoms with E-state index in [9.17, 15) is 9.18 Å². The summed E-state index contributed by atoms with van der Waals surface area (Å²) in [4.78, 5) is 14.2. The minimum absolute atomic E-state index is 0.0897. The lowest BCUT2D eigenvalue weighted by atomic mass is 9.95. The van der Waals surface area contributed by atoms with Crippen molar-refractivity contribution in [2.24, 2.45) is 5.73 Å². The van der Waals surface area contributed by atoms with Crippen LogP contribution in [-0.2, 0) is 10.3 Å². The first-order valence-corrected chi connectivity index (χ1v) is 4.78. The van der Waals surface area contributed by atoms with Gasteiger partial charge in [0.1, 0.15) is 5.54 Å². The number of halogens is 2. The van der Waals surface area contributed by atoms with Gasteiger partial charge < -0.3 is 10.8 Å². The van der Waals surface area contributed by atoms with Crippen molar-refractivity contribution in [1.82, 2.24) is 4.98 Å². The molecule has 0 aliphatic carbocycles. The van der Waals surface area contributed by atoms with Gasteiger partial charge in [-0.1, -0.05) is 0 Å². The number of carbonyl (C=O) groups is 1. The van der Waals surface area contributed by atoms with Crippen molar-refractivity contribution < 1.29 is 14.3 Å². The quantitative estimate of drug-likeness (QED) is 0.633. The van der Waals surface area contributed by atoms with Crippen LogP contribution in [0.1, 0.15) is 12.5 Å². The minimum atomic E-state index is -1.76. The Morgan fingerprint density at radius 1 is 1.79 bits per heavy atom. The Bertz CT molecular complexity index is 361. The molecule has 3 N–H and O–H groups in total. The third-order valence-electron chi connectivity index (χ3n) is 1.82. The van der Waals surface area contributed by atoms with Crippen molar-refractivity contribution in [1.29, 1.82) is 0 Å². The second-order valence-corrected chi connectivity index (χ2v) is 4.13. The zero-order chi connectivity index (χ0) is 10.9. The zero-order valence-corrected chi connectivity index (χ0v) is 9.45. The van der Waals surface area contributed by atoms with Gasteiger partial charge >= 0.3 is 5.97 Å². The highest BCUT2D eigenvalue weighted by atomic mass is 127. The van der Waals surface area contributed by atoms with E-state index in [1.807, 2.05) is 22.6 Å². The normalized spacial score (nSPS) is 14.9. The van der Waals surface area contributed by atoms with Gasteiger partial charge in [0.25, 0.3) is 0 Å². The standard InChI is InChI=1S/C8H8FIN2O2/c1-8(11,7(13)14)5-4(10)2-3-12-6(5)9/h2-3H,11H2,1H3,(H,13,14)/t8-/m1/s1. The zero-order valence-electron chi connectivity index (χ0n) is 7.29. The van der Waals surface area contributed by atoms with Crippen LogP contribution in [0, 0.1) is 9.52 Å². The fourth-order valence-electron chi connectivity index (χ4n) is 0.984. The Hall–Kier alpha value is -0.760. The lowest BCUT2D eigenvalue weighted by Crippen LogP contribution is -2.43. The lowest BCUT2D eigenvalue weighted by Gasteiger charge is -2.20. The van der Waals surface area contributed by atoms with Crippen LogP contribution in [0.4, 0.5) is 4.39 Å². The third kappa shape index (κ3) is 1.85. The number of aliphatic carboxylic acids is 1. The van der Waals surface area contributed by atoms with Crippen LogP contribution in [0.15, 0.2) is 12.3 Å². The van der Waals surface area contributed by atoms with Crippen LogP contribution in [0.5, 0.6) is 0 Å². The first kappa shape index (κ1) is 11.3. The number of hydrogen-bond donors (Lipinski definition) is 2. The minimum Gasteiger partial charge on any atom is -0.480 e. The Balaban J connectivity index is 3.38. The summed E-state index contributed by atoms with van der Waals surface area (Å²) >= 11 is 1.82. The summed E-state index contributed by atoms with van der Waals surface area (Å²) < 4.78 is 13.7. The number of carboxylic acids is 1. The predicted octanol–water partition coefficient (Wildman–Crippen LogP) is 1.08. The summed E-state index contributed by atoms with van der Waals surface area (Å²) in [6, 6.07) is 1.51. The van der Waals surface area contributed by atoms with Gasteiger partial charge in [-0.2, -0.15) is 4.39 Å². The Kier molecular flexibility index (Phi) is 3.05. The molecule has 0 aliphatic rings. The molecule has 1 aromatic heterocycles. The van der Waals surface area contributed by atoms with Crippen molar-refractivity contribution in [3.63, 3.8) is 0 Å². The second-order valence-electron chi connectivity index (χ2n) is 2.97. The van der Waals surface area contributed by atoms with E-state index in [4.69, 9.17) is 10.8 Å². The number of nitrogens with zero attached hydrogens (tertiary/aromatic N) is 1. The summed E-state index contributed by atoms with van der Waals surface area (Å²) in [5.41, 5.74) is 3.65. The largest absolute Gasteiger partial charge is 0.480 e. The number of nitrogens with two attached hydrogens (primary N) is 1. The molecule has 1 aromatic rings. The molecule has 0 spiro atoms. The molecule has 0 amide bonds. The van der Waals surface area contributed by atoms with Gasteiger partial charge in [-0.25, -0.2) is 9.78 Å². The van der Waals surface area contributed by atoms with Crippen LogP contribution in [0.25, 0.3) is 0 Å². The Morgan fingerprint density at radius 3 is 2.79 bits per heavy atom. The summed E-state index contributed by atoms with van der Waals surface area (Å²) in [6.07, 6.45) is 1.26. The van der Waals surface area contributed by atoms with Crippen molar-refractivity contribution in [2.75, 3.05) is 0 Å². The average Bonchev–Trinajstić information content (AvgIpc) is 2.02. The first-order chi connectivity index (χ1) is 6.37. The molecule has 1 heterocycles. The molecule has 0 saturated heterocycles. The average molecular weight is 310 g/mol. The number of hydrogen-bond acceptors (Lipinski definition) is 3. The summed E-state index contributed by atoms with van der Waals surface area (Å²) in [7, 11) is 0. The predicted molar refractivity (Wildman–Crippen MR) is 56.1 cm³/mol. The molecule has 1 rings (SSSR count). The maximum atomic E-state index is 13.2. The molecule has 0 saturated carbocycles. The first-order valence-electron chi connectivity index (χ1n) is 3.70. The highest BCUT2D eigenvalue weighted by molar-refractivity contribution is 14.1. The van der Waals surface area contributed by atoms with Crippen LogP contribution in [-0.4, -0.2) is 16.1 Å². The summed E-state index contributed by atoms with van der Waals surface area (Å²) in [6.45, 7) is 1.23. The van der Waals surface area contributed by atoms with Gasteiger partial charge in [-0.3, -0.25) is 0 Å². The van der Waals surface area contributed by atoms with E-state index in [0.29, 0.717) is 3.57 Å². The Morgan fingerprint density at radius 2 is 2.36 bits per heavy atom. The van der Waals surface area contributed by atoms with E-state index < -0.39 is 17.5 Å². The highest BCUT2D eigenvalue weighted by Crippen LogP contribution is 2.25. The van der Waals surface area contributed by atoms with Gasteiger partial charge in [0, 0.05) is 9.77 Å². The number of aromatic nitrogens is 1. The number of carboxylic acid groups (broad SMARTS) is 1. The van der Waals surface area contributed by atoms with Crippen molar-refractivity contribution >= 4 is 28.6 Å². The molecule has 14 heavy (non-hydrogen) atoms. The molecular weight excluding hydrogens is 302 g/mol. The van der Waals surface area contributed by atoms with E-state index in [-0.39, 0.29) is 5.56 Å². The van der Waals surface area contributed by atoms with Crippen LogP contribution < -0.4 is 5.73 Å². The molecule has 0 radical (unpaired) electrons. The van der Waals surface area contributed by atoms with Crippen molar-refractivity contribution in [2.45, 2.75) is 12.5 Å². The van der Waals surface area contributed by atoms with Crippen LogP contribution in [0.3, 0.4) is 0 Å². The summed E-state index contributed by atoms with van der Waals surface area (Å²) in [5.74, 6) is -2.13. The molecule has 0 aromatic carbocycles. The molecule has 1 atom stereocenters.